The number of benzene rings is 1. The molecule has 0 spiro atoms. The van der Waals surface area contributed by atoms with E-state index in [-0.39, 0.29) is 4.90 Å². The third-order valence-electron chi connectivity index (χ3n) is 1.54. The Balaban J connectivity index is 3.49. The van der Waals surface area contributed by atoms with E-state index in [1.165, 1.54) is 0 Å². The molecule has 0 atom stereocenters. The molecule has 1 aromatic rings. The van der Waals surface area contributed by atoms with Crippen molar-refractivity contribution in [1.82, 2.24) is 0 Å². The number of hydrogen-bond acceptors (Lipinski definition) is 4. The van der Waals surface area contributed by atoms with Gasteiger partial charge in [0.15, 0.2) is 20.5 Å². The molecule has 0 amide bonds. The van der Waals surface area contributed by atoms with Crippen LogP contribution in [0.25, 0.3) is 0 Å². The summed E-state index contributed by atoms with van der Waals surface area (Å²) in [6.07, 6.45) is 0.919. The van der Waals surface area contributed by atoms with Gasteiger partial charge in [-0.05, 0) is 18.2 Å². The second-order valence-corrected chi connectivity index (χ2v) is 5.65. The molecule has 0 aromatic heterocycles. The Kier molecular flexibility index (Phi) is 2.91. The number of halogens is 1. The fourth-order valence-corrected chi connectivity index (χ4v) is 2.09. The molecular weight excluding hydrogens is 231 g/mol. The molecule has 0 saturated carbocycles. The highest BCUT2D eigenvalue weighted by molar-refractivity contribution is 7.90. The summed E-state index contributed by atoms with van der Waals surface area (Å²) in [7, 11) is -6.63. The lowest BCUT2D eigenvalue weighted by Gasteiger charge is -1.99. The summed E-state index contributed by atoms with van der Waals surface area (Å²) in [5.41, 5.74) is 0. The van der Waals surface area contributed by atoms with Crippen LogP contribution >= 0.6 is 0 Å². The van der Waals surface area contributed by atoms with E-state index in [1.54, 1.807) is 0 Å². The van der Waals surface area contributed by atoms with Gasteiger partial charge < -0.3 is 0 Å². The van der Waals surface area contributed by atoms with Crippen molar-refractivity contribution in [1.29, 1.82) is 0 Å². The largest absolute Gasteiger partial charge is 0.227 e. The first-order valence-corrected chi connectivity index (χ1v) is 6.53. The van der Waals surface area contributed by atoms with E-state index < -0.39 is 31.3 Å². The van der Waals surface area contributed by atoms with Crippen molar-refractivity contribution in [2.45, 2.75) is 9.79 Å². The Morgan fingerprint density at radius 1 is 1.29 bits per heavy atom. The average molecular weight is 238 g/mol. The minimum absolute atomic E-state index is 0.215. The topological polar surface area (TPSA) is 68.3 Å². The van der Waals surface area contributed by atoms with Crippen LogP contribution in [0, 0.1) is 5.82 Å². The lowest BCUT2D eigenvalue weighted by Crippen LogP contribution is -1.99. The molecule has 0 heterocycles. The Bertz CT molecular complexity index is 523. The molecule has 0 radical (unpaired) electrons. The molecular formula is C7H7FO4S2. The van der Waals surface area contributed by atoms with E-state index in [4.69, 9.17) is 0 Å². The lowest BCUT2D eigenvalue weighted by molar-refractivity contribution is 0.575. The number of thiol groups is 1. The van der Waals surface area contributed by atoms with Gasteiger partial charge in [0.05, 0.1) is 4.90 Å². The lowest BCUT2D eigenvalue weighted by atomic mass is 10.3. The molecule has 1 rings (SSSR count). The first-order chi connectivity index (χ1) is 6.32. The summed E-state index contributed by atoms with van der Waals surface area (Å²) < 4.78 is 55.8. The number of sulfone groups is 1. The van der Waals surface area contributed by atoms with Crippen molar-refractivity contribution in [2.75, 3.05) is 6.26 Å². The van der Waals surface area contributed by atoms with E-state index in [0.29, 0.717) is 0 Å². The Morgan fingerprint density at radius 3 is 2.29 bits per heavy atom. The fourth-order valence-electron chi connectivity index (χ4n) is 0.863. The van der Waals surface area contributed by atoms with Crippen LogP contribution in [0.5, 0.6) is 0 Å². The summed E-state index contributed by atoms with van der Waals surface area (Å²) in [6.45, 7) is 0. The highest BCUT2D eigenvalue weighted by Crippen LogP contribution is 2.15. The van der Waals surface area contributed by atoms with Crippen molar-refractivity contribution in [2.24, 2.45) is 0 Å². The van der Waals surface area contributed by atoms with Gasteiger partial charge >= 0.3 is 0 Å². The SMILES string of the molecule is CS(=O)(=O)c1ccc(F)c([SH](=O)=O)c1. The van der Waals surface area contributed by atoms with Crippen molar-refractivity contribution >= 4 is 20.5 Å². The van der Waals surface area contributed by atoms with Gasteiger partial charge in [0, 0.05) is 6.26 Å². The minimum Gasteiger partial charge on any atom is -0.227 e. The van der Waals surface area contributed by atoms with Crippen LogP contribution in [0.1, 0.15) is 0 Å². The predicted octanol–water partition coefficient (Wildman–Crippen LogP) is 0.200. The standard InChI is InChI=1S/C7H7FO4S2/c1-14(11,12)5-2-3-6(8)7(4-5)13(9)10/h2-4,13H,1H3. The highest BCUT2D eigenvalue weighted by Gasteiger charge is 2.12. The Hall–Kier alpha value is -0.950. The van der Waals surface area contributed by atoms with Crippen LogP contribution in [0.15, 0.2) is 28.0 Å². The molecule has 78 valence electrons. The second-order valence-electron chi connectivity index (χ2n) is 2.64. The molecule has 0 aliphatic carbocycles. The third-order valence-corrected chi connectivity index (χ3v) is 3.39. The normalized spacial score (nSPS) is 11.9. The molecule has 0 bridgehead atoms. The van der Waals surface area contributed by atoms with E-state index in [9.17, 15) is 21.2 Å². The molecule has 0 aliphatic rings. The van der Waals surface area contributed by atoms with Crippen molar-refractivity contribution in [3.05, 3.63) is 24.0 Å². The monoisotopic (exact) mass is 238 g/mol. The first-order valence-electron chi connectivity index (χ1n) is 3.46. The molecule has 0 aliphatic heterocycles. The molecule has 14 heavy (non-hydrogen) atoms. The number of rotatable bonds is 2. The van der Waals surface area contributed by atoms with Crippen molar-refractivity contribution < 1.29 is 21.2 Å². The maximum atomic E-state index is 12.8. The van der Waals surface area contributed by atoms with Gasteiger partial charge in [-0.25, -0.2) is 21.2 Å². The van der Waals surface area contributed by atoms with Gasteiger partial charge in [-0.2, -0.15) is 0 Å². The maximum absolute atomic E-state index is 12.8. The van der Waals surface area contributed by atoms with Crippen LogP contribution < -0.4 is 0 Å². The molecule has 4 nitrogen and oxygen atoms in total. The average Bonchev–Trinajstić information content (AvgIpc) is 2.02. The summed E-state index contributed by atoms with van der Waals surface area (Å²) in [5.74, 6) is -0.950. The minimum atomic E-state index is -3.51. The smallest absolute Gasteiger partial charge is 0.175 e. The van der Waals surface area contributed by atoms with E-state index in [1.807, 2.05) is 0 Å². The van der Waals surface area contributed by atoms with Gasteiger partial charge in [0.1, 0.15) is 10.7 Å². The molecule has 0 unspecified atom stereocenters. The van der Waals surface area contributed by atoms with Crippen LogP contribution in [0.2, 0.25) is 0 Å². The molecule has 0 saturated heterocycles. The van der Waals surface area contributed by atoms with Gasteiger partial charge in [-0.15, -0.1) is 0 Å². The third kappa shape index (κ3) is 2.30. The predicted molar refractivity (Wildman–Crippen MR) is 48.1 cm³/mol. The zero-order valence-corrected chi connectivity index (χ0v) is 8.81. The molecule has 0 fully saturated rings. The van der Waals surface area contributed by atoms with E-state index in [0.717, 1.165) is 24.5 Å². The van der Waals surface area contributed by atoms with Crippen LogP contribution in [0.3, 0.4) is 0 Å². The van der Waals surface area contributed by atoms with Crippen LogP contribution in [-0.4, -0.2) is 23.1 Å². The van der Waals surface area contributed by atoms with Gasteiger partial charge in [0.2, 0.25) is 0 Å². The van der Waals surface area contributed by atoms with Crippen molar-refractivity contribution in [3.63, 3.8) is 0 Å². The fraction of sp³-hybridized carbons (Fsp3) is 0.143. The van der Waals surface area contributed by atoms with Crippen LogP contribution in [0.4, 0.5) is 4.39 Å². The first kappa shape index (κ1) is 11.1. The molecule has 0 N–H and O–H groups in total. The van der Waals surface area contributed by atoms with Crippen LogP contribution in [-0.2, 0) is 20.5 Å². The van der Waals surface area contributed by atoms with Crippen molar-refractivity contribution in [3.8, 4) is 0 Å². The van der Waals surface area contributed by atoms with E-state index >= 15 is 0 Å². The Morgan fingerprint density at radius 2 is 1.86 bits per heavy atom. The number of hydrogen-bond donors (Lipinski definition) is 1. The molecule has 7 heteroatoms. The summed E-state index contributed by atoms with van der Waals surface area (Å²) in [4.78, 5) is -0.823. The summed E-state index contributed by atoms with van der Waals surface area (Å²) in [6, 6.07) is 2.64. The van der Waals surface area contributed by atoms with Gasteiger partial charge in [-0.3, -0.25) is 0 Å². The second kappa shape index (κ2) is 3.66. The summed E-state index contributed by atoms with van der Waals surface area (Å²) in [5, 5.41) is 0. The zero-order valence-electron chi connectivity index (χ0n) is 7.10. The summed E-state index contributed by atoms with van der Waals surface area (Å²) >= 11 is 0. The van der Waals surface area contributed by atoms with Gasteiger partial charge in [-0.1, -0.05) is 0 Å². The zero-order chi connectivity index (χ0) is 10.9. The van der Waals surface area contributed by atoms with Gasteiger partial charge in [0.25, 0.3) is 0 Å². The molecule has 1 aromatic carbocycles. The highest BCUT2D eigenvalue weighted by atomic mass is 32.2. The Labute approximate surface area is 82.2 Å². The van der Waals surface area contributed by atoms with E-state index in [2.05, 4.69) is 0 Å². The maximum Gasteiger partial charge on any atom is 0.175 e. The quantitative estimate of drug-likeness (QED) is 0.590.